The molecular formula is C16H22Cl2O. The van der Waals surface area contributed by atoms with Crippen molar-refractivity contribution in [2.75, 3.05) is 0 Å². The summed E-state index contributed by atoms with van der Waals surface area (Å²) in [5.74, 6) is 1.70. The van der Waals surface area contributed by atoms with Gasteiger partial charge in [-0.25, -0.2) is 0 Å². The van der Waals surface area contributed by atoms with E-state index < -0.39 is 0 Å². The molecule has 1 fully saturated rings. The van der Waals surface area contributed by atoms with Gasteiger partial charge < -0.3 is 5.11 Å². The van der Waals surface area contributed by atoms with E-state index in [9.17, 15) is 5.11 Å². The molecule has 0 aliphatic heterocycles. The summed E-state index contributed by atoms with van der Waals surface area (Å²) in [6.45, 7) is 4.54. The highest BCUT2D eigenvalue weighted by atomic mass is 35.5. The molecule has 0 bridgehead atoms. The molecule has 106 valence electrons. The summed E-state index contributed by atoms with van der Waals surface area (Å²) in [6.07, 6.45) is 3.75. The molecule has 0 spiro atoms. The van der Waals surface area contributed by atoms with Gasteiger partial charge in [-0.15, -0.1) is 0 Å². The summed E-state index contributed by atoms with van der Waals surface area (Å²) in [5, 5.41) is 11.5. The Bertz CT molecular complexity index is 431. The van der Waals surface area contributed by atoms with Crippen LogP contribution in [-0.4, -0.2) is 11.2 Å². The molecule has 0 heterocycles. The van der Waals surface area contributed by atoms with Gasteiger partial charge in [-0.05, 0) is 55.1 Å². The molecule has 19 heavy (non-hydrogen) atoms. The van der Waals surface area contributed by atoms with Crippen molar-refractivity contribution < 1.29 is 5.11 Å². The fourth-order valence-electron chi connectivity index (χ4n) is 3.10. The molecule has 3 unspecified atom stereocenters. The Labute approximate surface area is 125 Å². The van der Waals surface area contributed by atoms with Crippen molar-refractivity contribution in [3.8, 4) is 0 Å². The fourth-order valence-corrected chi connectivity index (χ4v) is 3.50. The number of aliphatic hydroxyl groups excluding tert-OH is 1. The van der Waals surface area contributed by atoms with E-state index >= 15 is 0 Å². The van der Waals surface area contributed by atoms with Crippen LogP contribution >= 0.6 is 23.2 Å². The van der Waals surface area contributed by atoms with Crippen LogP contribution in [0.4, 0.5) is 0 Å². The molecule has 1 aromatic carbocycles. The lowest BCUT2D eigenvalue weighted by Crippen LogP contribution is -2.32. The SMILES string of the molecule is CC(C)C1CCC(O)C(Cc2cccc(Cl)c2Cl)C1. The molecule has 0 aromatic heterocycles. The van der Waals surface area contributed by atoms with Gasteiger partial charge in [0, 0.05) is 0 Å². The normalized spacial score (nSPS) is 27.8. The first kappa shape index (κ1) is 15.2. The highest BCUT2D eigenvalue weighted by Crippen LogP contribution is 2.37. The van der Waals surface area contributed by atoms with Crippen LogP contribution in [0.1, 0.15) is 38.7 Å². The first-order valence-electron chi connectivity index (χ1n) is 7.10. The third-order valence-corrected chi connectivity index (χ3v) is 5.30. The molecule has 1 aliphatic rings. The van der Waals surface area contributed by atoms with E-state index in [-0.39, 0.29) is 6.10 Å². The number of benzene rings is 1. The summed E-state index contributed by atoms with van der Waals surface area (Å²) in [7, 11) is 0. The lowest BCUT2D eigenvalue weighted by molar-refractivity contribution is 0.0379. The van der Waals surface area contributed by atoms with Crippen LogP contribution in [0, 0.1) is 17.8 Å². The maximum atomic E-state index is 10.2. The lowest BCUT2D eigenvalue weighted by atomic mass is 9.73. The van der Waals surface area contributed by atoms with Crippen LogP contribution in [0.25, 0.3) is 0 Å². The minimum absolute atomic E-state index is 0.204. The molecule has 1 aromatic rings. The van der Waals surface area contributed by atoms with Crippen molar-refractivity contribution in [3.05, 3.63) is 33.8 Å². The zero-order chi connectivity index (χ0) is 14.0. The smallest absolute Gasteiger partial charge is 0.0624 e. The van der Waals surface area contributed by atoms with Crippen LogP contribution < -0.4 is 0 Å². The molecule has 2 rings (SSSR count). The first-order valence-corrected chi connectivity index (χ1v) is 7.85. The van der Waals surface area contributed by atoms with Gasteiger partial charge in [-0.1, -0.05) is 49.2 Å². The van der Waals surface area contributed by atoms with Crippen LogP contribution in [0.3, 0.4) is 0 Å². The number of halogens is 2. The molecule has 1 nitrogen and oxygen atoms in total. The summed E-state index contributed by atoms with van der Waals surface area (Å²) in [4.78, 5) is 0. The maximum absolute atomic E-state index is 10.2. The Kier molecular flexibility index (Phi) is 5.16. The van der Waals surface area contributed by atoms with Gasteiger partial charge in [-0.3, -0.25) is 0 Å². The van der Waals surface area contributed by atoms with Crippen LogP contribution in [0.15, 0.2) is 18.2 Å². The van der Waals surface area contributed by atoms with E-state index in [4.69, 9.17) is 23.2 Å². The van der Waals surface area contributed by atoms with Crippen molar-refractivity contribution in [2.24, 2.45) is 17.8 Å². The largest absolute Gasteiger partial charge is 0.393 e. The minimum atomic E-state index is -0.204. The van der Waals surface area contributed by atoms with E-state index in [1.165, 1.54) is 0 Å². The quantitative estimate of drug-likeness (QED) is 0.835. The second-order valence-corrected chi connectivity index (χ2v) is 6.85. The third kappa shape index (κ3) is 3.65. The van der Waals surface area contributed by atoms with Gasteiger partial charge >= 0.3 is 0 Å². The minimum Gasteiger partial charge on any atom is -0.393 e. The van der Waals surface area contributed by atoms with Crippen molar-refractivity contribution >= 4 is 23.2 Å². The molecular weight excluding hydrogens is 279 g/mol. The summed E-state index contributed by atoms with van der Waals surface area (Å²) < 4.78 is 0. The highest BCUT2D eigenvalue weighted by Gasteiger charge is 2.31. The molecule has 1 saturated carbocycles. The van der Waals surface area contributed by atoms with Crippen LogP contribution in [0.5, 0.6) is 0 Å². The number of hydrogen-bond donors (Lipinski definition) is 1. The maximum Gasteiger partial charge on any atom is 0.0624 e. The molecule has 3 heteroatoms. The predicted molar refractivity (Wildman–Crippen MR) is 81.8 cm³/mol. The van der Waals surface area contributed by atoms with Gasteiger partial charge in [0.05, 0.1) is 16.1 Å². The third-order valence-electron chi connectivity index (χ3n) is 4.44. The van der Waals surface area contributed by atoms with Gasteiger partial charge in [-0.2, -0.15) is 0 Å². The van der Waals surface area contributed by atoms with Crippen LogP contribution in [-0.2, 0) is 6.42 Å². The van der Waals surface area contributed by atoms with Gasteiger partial charge in [0.1, 0.15) is 0 Å². The van der Waals surface area contributed by atoms with Crippen molar-refractivity contribution in [1.82, 2.24) is 0 Å². The first-order chi connectivity index (χ1) is 8.99. The molecule has 0 saturated heterocycles. The average Bonchev–Trinajstić information content (AvgIpc) is 2.37. The van der Waals surface area contributed by atoms with E-state index in [2.05, 4.69) is 13.8 Å². The molecule has 0 radical (unpaired) electrons. The second kappa shape index (κ2) is 6.47. The summed E-state index contributed by atoms with van der Waals surface area (Å²) in [5.41, 5.74) is 1.06. The van der Waals surface area contributed by atoms with E-state index in [0.717, 1.165) is 31.2 Å². The number of rotatable bonds is 3. The average molecular weight is 301 g/mol. The Hall–Kier alpha value is -0.240. The topological polar surface area (TPSA) is 20.2 Å². The van der Waals surface area contributed by atoms with Crippen molar-refractivity contribution in [2.45, 2.75) is 45.6 Å². The Morgan fingerprint density at radius 2 is 2.00 bits per heavy atom. The van der Waals surface area contributed by atoms with Crippen molar-refractivity contribution in [1.29, 1.82) is 0 Å². The molecule has 1 aliphatic carbocycles. The predicted octanol–water partition coefficient (Wildman–Crippen LogP) is 4.97. The number of aliphatic hydroxyl groups is 1. The van der Waals surface area contributed by atoms with E-state index in [0.29, 0.717) is 27.8 Å². The lowest BCUT2D eigenvalue weighted by Gasteiger charge is -2.35. The molecule has 3 atom stereocenters. The number of hydrogen-bond acceptors (Lipinski definition) is 1. The molecule has 1 N–H and O–H groups in total. The second-order valence-electron chi connectivity index (χ2n) is 6.06. The van der Waals surface area contributed by atoms with Crippen LogP contribution in [0.2, 0.25) is 10.0 Å². The van der Waals surface area contributed by atoms with E-state index in [1.54, 1.807) is 0 Å². The monoisotopic (exact) mass is 300 g/mol. The Morgan fingerprint density at radius 1 is 1.26 bits per heavy atom. The summed E-state index contributed by atoms with van der Waals surface area (Å²) >= 11 is 12.3. The highest BCUT2D eigenvalue weighted by molar-refractivity contribution is 6.42. The fraction of sp³-hybridized carbons (Fsp3) is 0.625. The zero-order valence-corrected chi connectivity index (χ0v) is 13.1. The van der Waals surface area contributed by atoms with Crippen molar-refractivity contribution in [3.63, 3.8) is 0 Å². The molecule has 0 amide bonds. The van der Waals surface area contributed by atoms with Gasteiger partial charge in [0.2, 0.25) is 0 Å². The Balaban J connectivity index is 2.10. The van der Waals surface area contributed by atoms with Gasteiger partial charge in [0.15, 0.2) is 0 Å². The standard InChI is InChI=1S/C16H22Cl2O/c1-10(2)11-6-7-15(19)13(8-11)9-12-4-3-5-14(17)16(12)18/h3-5,10-11,13,15,19H,6-9H2,1-2H3. The zero-order valence-electron chi connectivity index (χ0n) is 11.6. The summed E-state index contributed by atoms with van der Waals surface area (Å²) in [6, 6.07) is 5.75. The Morgan fingerprint density at radius 3 is 2.68 bits per heavy atom. The van der Waals surface area contributed by atoms with E-state index in [1.807, 2.05) is 18.2 Å². The van der Waals surface area contributed by atoms with Gasteiger partial charge in [0.25, 0.3) is 0 Å².